The number of benzene rings is 1. The molecule has 2 aromatic rings. The van der Waals surface area contributed by atoms with Crippen molar-refractivity contribution in [1.82, 2.24) is 14.9 Å². The van der Waals surface area contributed by atoms with Crippen LogP contribution in [-0.2, 0) is 6.54 Å². The molecule has 2 atom stereocenters. The number of methoxy groups -OCH3 is 1. The van der Waals surface area contributed by atoms with Gasteiger partial charge in [-0.1, -0.05) is 6.07 Å². The molecule has 3 saturated heterocycles. The topological polar surface area (TPSA) is 41.5 Å². The summed E-state index contributed by atoms with van der Waals surface area (Å²) in [6.45, 7) is 4.63. The Balaban J connectivity index is 1.43. The first-order chi connectivity index (χ1) is 11.6. The smallest absolute Gasteiger partial charge is 0.165 e. The maximum atomic E-state index is 13.9. The van der Waals surface area contributed by atoms with Crippen LogP contribution < -0.4 is 9.64 Å². The average Bonchev–Trinajstić information content (AvgIpc) is 2.60. The lowest BCUT2D eigenvalue weighted by atomic mass is 9.86. The molecule has 3 aliphatic heterocycles. The number of rotatable bonds is 4. The molecular formula is C18H21FN4O. The molecule has 1 aromatic heterocycles. The highest BCUT2D eigenvalue weighted by molar-refractivity contribution is 5.40. The van der Waals surface area contributed by atoms with Gasteiger partial charge in [-0.25, -0.2) is 14.4 Å². The molecule has 126 valence electrons. The molecule has 4 heterocycles. The first kappa shape index (κ1) is 15.3. The Morgan fingerprint density at radius 1 is 1.25 bits per heavy atom. The minimum atomic E-state index is -0.293. The van der Waals surface area contributed by atoms with E-state index >= 15 is 0 Å². The maximum absolute atomic E-state index is 13.9. The van der Waals surface area contributed by atoms with Crippen LogP contribution in [0.5, 0.6) is 5.75 Å². The molecule has 5 rings (SSSR count). The number of nitrogens with zero attached hydrogens (tertiary/aromatic N) is 4. The quantitative estimate of drug-likeness (QED) is 0.862. The van der Waals surface area contributed by atoms with Crippen molar-refractivity contribution in [2.75, 3.05) is 25.1 Å². The van der Waals surface area contributed by atoms with Crippen LogP contribution in [0.1, 0.15) is 17.8 Å². The molecule has 0 amide bonds. The van der Waals surface area contributed by atoms with Crippen molar-refractivity contribution in [2.24, 2.45) is 0 Å². The molecular weight excluding hydrogens is 307 g/mol. The van der Waals surface area contributed by atoms with Crippen molar-refractivity contribution in [2.45, 2.75) is 32.0 Å². The van der Waals surface area contributed by atoms with Gasteiger partial charge in [0.25, 0.3) is 0 Å². The highest BCUT2D eigenvalue weighted by atomic mass is 19.1. The molecule has 6 heteroatoms. The second-order valence-electron chi connectivity index (χ2n) is 6.55. The van der Waals surface area contributed by atoms with Gasteiger partial charge in [0.1, 0.15) is 11.6 Å². The number of hydrogen-bond donors (Lipinski definition) is 0. The van der Waals surface area contributed by atoms with Crippen molar-refractivity contribution < 1.29 is 9.13 Å². The fourth-order valence-electron chi connectivity index (χ4n) is 3.77. The fraction of sp³-hybridized carbons (Fsp3) is 0.444. The van der Waals surface area contributed by atoms with Gasteiger partial charge in [0.2, 0.25) is 0 Å². The molecule has 0 N–H and O–H groups in total. The highest BCUT2D eigenvalue weighted by Crippen LogP contribution is 2.35. The summed E-state index contributed by atoms with van der Waals surface area (Å²) in [4.78, 5) is 13.5. The van der Waals surface area contributed by atoms with Gasteiger partial charge in [-0.15, -0.1) is 0 Å². The predicted octanol–water partition coefficient (Wildman–Crippen LogP) is 2.40. The number of hydrogen-bond acceptors (Lipinski definition) is 5. The maximum Gasteiger partial charge on any atom is 0.165 e. The van der Waals surface area contributed by atoms with Gasteiger partial charge in [-0.3, -0.25) is 4.90 Å². The minimum Gasteiger partial charge on any atom is -0.494 e. The number of anilines is 1. The van der Waals surface area contributed by atoms with Crippen molar-refractivity contribution >= 4 is 5.82 Å². The van der Waals surface area contributed by atoms with Gasteiger partial charge >= 0.3 is 0 Å². The van der Waals surface area contributed by atoms with Crippen LogP contribution in [0.25, 0.3) is 0 Å². The third-order valence-corrected chi connectivity index (χ3v) is 5.01. The van der Waals surface area contributed by atoms with Gasteiger partial charge in [0.05, 0.1) is 7.11 Å². The van der Waals surface area contributed by atoms with Crippen molar-refractivity contribution in [3.63, 3.8) is 0 Å². The Morgan fingerprint density at radius 2 is 2.04 bits per heavy atom. The molecule has 3 fully saturated rings. The normalized spacial score (nSPS) is 23.0. The summed E-state index contributed by atoms with van der Waals surface area (Å²) in [6, 6.07) is 8.21. The molecule has 3 aliphatic rings. The predicted molar refractivity (Wildman–Crippen MR) is 89.7 cm³/mol. The minimum absolute atomic E-state index is 0.293. The van der Waals surface area contributed by atoms with Gasteiger partial charge in [0, 0.05) is 37.9 Å². The standard InChI is InChI=1S/C18H21FN4O/c1-12-20-6-5-18(21-12)22-10-14-8-15(11-22)23(14)9-13-3-4-17(24-2)16(19)7-13/h3-7,14-15H,8-11H2,1-2H3. The zero-order chi connectivity index (χ0) is 16.7. The van der Waals surface area contributed by atoms with Crippen LogP contribution >= 0.6 is 0 Å². The van der Waals surface area contributed by atoms with Crippen molar-refractivity contribution in [3.8, 4) is 5.75 Å². The summed E-state index contributed by atoms with van der Waals surface area (Å²) in [6.07, 6.45) is 3.02. The second kappa shape index (κ2) is 6.02. The van der Waals surface area contributed by atoms with E-state index in [1.165, 1.54) is 13.5 Å². The third kappa shape index (κ3) is 2.71. The van der Waals surface area contributed by atoms with E-state index in [1.807, 2.05) is 25.3 Å². The Bertz CT molecular complexity index is 742. The third-order valence-electron chi connectivity index (χ3n) is 5.01. The lowest BCUT2D eigenvalue weighted by molar-refractivity contribution is -0.00877. The number of ether oxygens (including phenoxy) is 1. The Hall–Kier alpha value is -2.21. The number of aryl methyl sites for hydroxylation is 1. The zero-order valence-corrected chi connectivity index (χ0v) is 13.9. The van der Waals surface area contributed by atoms with E-state index in [-0.39, 0.29) is 5.82 Å². The van der Waals surface area contributed by atoms with Gasteiger partial charge in [-0.2, -0.15) is 0 Å². The summed E-state index contributed by atoms with van der Waals surface area (Å²) in [5, 5.41) is 0. The summed E-state index contributed by atoms with van der Waals surface area (Å²) in [7, 11) is 1.49. The molecule has 0 radical (unpaired) electrons. The van der Waals surface area contributed by atoms with Gasteiger partial charge in [0.15, 0.2) is 11.6 Å². The first-order valence-corrected chi connectivity index (χ1v) is 8.27. The molecule has 5 nitrogen and oxygen atoms in total. The van der Waals surface area contributed by atoms with E-state index in [1.54, 1.807) is 12.1 Å². The van der Waals surface area contributed by atoms with Crippen LogP contribution in [0.2, 0.25) is 0 Å². The number of halogens is 1. The van der Waals surface area contributed by atoms with E-state index in [0.29, 0.717) is 17.8 Å². The summed E-state index contributed by atoms with van der Waals surface area (Å²) in [5.41, 5.74) is 0.995. The van der Waals surface area contributed by atoms with Crippen molar-refractivity contribution in [1.29, 1.82) is 0 Å². The first-order valence-electron chi connectivity index (χ1n) is 8.27. The van der Waals surface area contributed by atoms with E-state index < -0.39 is 0 Å². The molecule has 1 aromatic carbocycles. The molecule has 0 saturated carbocycles. The number of piperazine rings is 1. The average molecular weight is 328 g/mol. The van der Waals surface area contributed by atoms with Crippen LogP contribution in [0.4, 0.5) is 10.2 Å². The lowest BCUT2D eigenvalue weighted by Crippen LogP contribution is -2.68. The van der Waals surface area contributed by atoms with E-state index in [9.17, 15) is 4.39 Å². The van der Waals surface area contributed by atoms with Crippen LogP contribution in [0, 0.1) is 12.7 Å². The molecule has 24 heavy (non-hydrogen) atoms. The second-order valence-corrected chi connectivity index (χ2v) is 6.55. The number of piperidine rings is 1. The van der Waals surface area contributed by atoms with Crippen LogP contribution in [0.3, 0.4) is 0 Å². The summed E-state index contributed by atoms with van der Waals surface area (Å²) < 4.78 is 18.9. The van der Waals surface area contributed by atoms with E-state index in [2.05, 4.69) is 19.8 Å². The summed E-state index contributed by atoms with van der Waals surface area (Å²) >= 11 is 0. The monoisotopic (exact) mass is 328 g/mol. The van der Waals surface area contributed by atoms with E-state index in [0.717, 1.165) is 36.8 Å². The Morgan fingerprint density at radius 3 is 2.71 bits per heavy atom. The Kier molecular flexibility index (Phi) is 3.84. The van der Waals surface area contributed by atoms with Crippen molar-refractivity contribution in [3.05, 3.63) is 47.7 Å². The highest BCUT2D eigenvalue weighted by Gasteiger charge is 2.44. The van der Waals surface area contributed by atoms with Crippen LogP contribution in [-0.4, -0.2) is 47.2 Å². The fourth-order valence-corrected chi connectivity index (χ4v) is 3.77. The zero-order valence-electron chi connectivity index (χ0n) is 13.9. The summed E-state index contributed by atoms with van der Waals surface area (Å²) in [5.74, 6) is 1.82. The molecule has 0 aliphatic carbocycles. The Labute approximate surface area is 141 Å². The van der Waals surface area contributed by atoms with Gasteiger partial charge < -0.3 is 9.64 Å². The lowest BCUT2D eigenvalue weighted by Gasteiger charge is -2.56. The number of aromatic nitrogens is 2. The van der Waals surface area contributed by atoms with Crippen LogP contribution in [0.15, 0.2) is 30.5 Å². The van der Waals surface area contributed by atoms with Gasteiger partial charge in [-0.05, 0) is 37.1 Å². The number of fused-ring (bicyclic) bond motifs is 2. The SMILES string of the molecule is COc1ccc(CN2C3CC2CN(c2ccnc(C)n2)C3)cc1F. The molecule has 0 spiro atoms. The largest absolute Gasteiger partial charge is 0.494 e. The molecule has 2 unspecified atom stereocenters. The van der Waals surface area contributed by atoms with E-state index in [4.69, 9.17) is 4.74 Å². The molecule has 2 bridgehead atoms.